The first-order valence-electron chi connectivity index (χ1n) is 12.0. The highest BCUT2D eigenvalue weighted by Crippen LogP contribution is 2.36. The largest absolute Gasteiger partial charge is 0.476 e. The van der Waals surface area contributed by atoms with Crippen molar-refractivity contribution in [2.75, 3.05) is 42.5 Å². The molecule has 5 rings (SSSR count). The molecule has 0 spiro atoms. The Morgan fingerprint density at radius 2 is 1.57 bits per heavy atom. The Bertz CT molecular complexity index is 1390. The van der Waals surface area contributed by atoms with Gasteiger partial charge in [0.1, 0.15) is 5.75 Å². The number of para-hydroxylation sites is 3. The quantitative estimate of drug-likeness (QED) is 0.535. The molecule has 2 heterocycles. The van der Waals surface area contributed by atoms with Crippen molar-refractivity contribution in [3.63, 3.8) is 0 Å². The van der Waals surface area contributed by atoms with Crippen molar-refractivity contribution < 1.29 is 27.5 Å². The van der Waals surface area contributed by atoms with E-state index in [2.05, 4.69) is 5.32 Å². The number of carbonyl (C=O) groups excluding carboxylic acids is 2. The number of amides is 2. The number of fused-ring (bicyclic) bond motifs is 1. The SMILES string of the molecule is O=C(Nc1ccccc1C(=O)N1CCOCC1)[C@@H]1CN(S(=O)(=O)Cc2ccccc2)c2ccccc2O1. The lowest BCUT2D eigenvalue weighted by molar-refractivity contribution is -0.122. The normalized spacial score (nSPS) is 17.5. The first kappa shape index (κ1) is 24.8. The molecule has 10 heteroatoms. The summed E-state index contributed by atoms with van der Waals surface area (Å²) in [5.41, 5.74) is 1.71. The van der Waals surface area contributed by atoms with Crippen LogP contribution in [-0.2, 0) is 25.3 Å². The van der Waals surface area contributed by atoms with Crippen LogP contribution in [0.25, 0.3) is 0 Å². The van der Waals surface area contributed by atoms with Crippen LogP contribution in [0.4, 0.5) is 11.4 Å². The zero-order valence-electron chi connectivity index (χ0n) is 20.1. The van der Waals surface area contributed by atoms with Crippen LogP contribution in [-0.4, -0.2) is 64.1 Å². The van der Waals surface area contributed by atoms with Gasteiger partial charge in [0.15, 0.2) is 6.10 Å². The van der Waals surface area contributed by atoms with Crippen LogP contribution in [0.1, 0.15) is 15.9 Å². The summed E-state index contributed by atoms with van der Waals surface area (Å²) in [4.78, 5) is 28.1. The molecule has 0 radical (unpaired) electrons. The molecule has 3 aromatic rings. The minimum absolute atomic E-state index is 0.197. The number of nitrogens with one attached hydrogen (secondary N) is 1. The smallest absolute Gasteiger partial charge is 0.267 e. The van der Waals surface area contributed by atoms with Gasteiger partial charge >= 0.3 is 0 Å². The molecule has 2 aliphatic heterocycles. The highest BCUT2D eigenvalue weighted by atomic mass is 32.2. The van der Waals surface area contributed by atoms with Crippen LogP contribution in [0.5, 0.6) is 5.75 Å². The van der Waals surface area contributed by atoms with Gasteiger partial charge in [-0.15, -0.1) is 0 Å². The molecule has 192 valence electrons. The minimum atomic E-state index is -3.82. The second-order valence-electron chi connectivity index (χ2n) is 8.79. The molecule has 2 amide bonds. The van der Waals surface area contributed by atoms with E-state index < -0.39 is 22.0 Å². The molecule has 0 saturated carbocycles. The van der Waals surface area contributed by atoms with Crippen molar-refractivity contribution >= 4 is 33.2 Å². The molecule has 1 fully saturated rings. The number of rotatable bonds is 6. The molecule has 9 nitrogen and oxygen atoms in total. The molecular weight excluding hydrogens is 494 g/mol. The monoisotopic (exact) mass is 521 g/mol. The number of hydrogen-bond acceptors (Lipinski definition) is 6. The third-order valence-corrected chi connectivity index (χ3v) is 7.98. The Hall–Kier alpha value is -3.89. The molecule has 1 N–H and O–H groups in total. The van der Waals surface area contributed by atoms with Crippen LogP contribution >= 0.6 is 0 Å². The molecule has 1 atom stereocenters. The number of nitrogens with zero attached hydrogens (tertiary/aromatic N) is 2. The molecule has 0 aliphatic carbocycles. The molecule has 3 aromatic carbocycles. The number of carbonyl (C=O) groups is 2. The molecule has 2 aliphatic rings. The van der Waals surface area contributed by atoms with Crippen molar-refractivity contribution in [3.05, 3.63) is 90.0 Å². The Kier molecular flexibility index (Phi) is 7.11. The van der Waals surface area contributed by atoms with E-state index in [0.29, 0.717) is 54.6 Å². The predicted octanol–water partition coefficient (Wildman–Crippen LogP) is 2.90. The van der Waals surface area contributed by atoms with E-state index in [1.807, 2.05) is 6.07 Å². The Morgan fingerprint density at radius 1 is 0.892 bits per heavy atom. The standard InChI is InChI=1S/C27H27N3O6S/c31-26(28-22-11-5-4-10-21(22)27(32)29-14-16-35-17-15-29)25-18-30(23-12-6-7-13-24(23)36-25)37(33,34)19-20-8-2-1-3-9-20/h1-13,25H,14-19H2,(H,28,31)/t25-/m0/s1. The Morgan fingerprint density at radius 3 is 2.35 bits per heavy atom. The highest BCUT2D eigenvalue weighted by molar-refractivity contribution is 7.92. The molecule has 0 bridgehead atoms. The molecule has 37 heavy (non-hydrogen) atoms. The van der Waals surface area contributed by atoms with Crippen LogP contribution < -0.4 is 14.4 Å². The fraction of sp³-hybridized carbons (Fsp3) is 0.259. The third-order valence-electron chi connectivity index (χ3n) is 6.27. The molecule has 0 unspecified atom stereocenters. The lowest BCUT2D eigenvalue weighted by Gasteiger charge is -2.35. The maximum Gasteiger partial charge on any atom is 0.267 e. The Balaban J connectivity index is 1.38. The van der Waals surface area contributed by atoms with Gasteiger partial charge in [0.2, 0.25) is 10.0 Å². The van der Waals surface area contributed by atoms with Gasteiger partial charge in [-0.2, -0.15) is 0 Å². The highest BCUT2D eigenvalue weighted by Gasteiger charge is 2.37. The van der Waals surface area contributed by atoms with Gasteiger partial charge in [-0.25, -0.2) is 8.42 Å². The van der Waals surface area contributed by atoms with Gasteiger partial charge in [0.05, 0.1) is 42.4 Å². The summed E-state index contributed by atoms with van der Waals surface area (Å²) in [5.74, 6) is -0.672. The van der Waals surface area contributed by atoms with E-state index >= 15 is 0 Å². The van der Waals surface area contributed by atoms with E-state index in [9.17, 15) is 18.0 Å². The predicted molar refractivity (Wildman–Crippen MR) is 139 cm³/mol. The van der Waals surface area contributed by atoms with Crippen LogP contribution in [0.2, 0.25) is 0 Å². The maximum absolute atomic E-state index is 13.4. The van der Waals surface area contributed by atoms with Gasteiger partial charge in [0, 0.05) is 13.1 Å². The second kappa shape index (κ2) is 10.6. The fourth-order valence-corrected chi connectivity index (χ4v) is 5.98. The van der Waals surface area contributed by atoms with Gasteiger partial charge in [-0.3, -0.25) is 13.9 Å². The minimum Gasteiger partial charge on any atom is -0.476 e. The molecular formula is C27H27N3O6S. The van der Waals surface area contributed by atoms with Crippen molar-refractivity contribution in [3.8, 4) is 5.75 Å². The number of sulfonamides is 1. The fourth-order valence-electron chi connectivity index (χ4n) is 4.39. The topological polar surface area (TPSA) is 105 Å². The number of anilines is 2. The third kappa shape index (κ3) is 5.45. The summed E-state index contributed by atoms with van der Waals surface area (Å²) in [6.45, 7) is 1.67. The Labute approximate surface area is 215 Å². The summed E-state index contributed by atoms with van der Waals surface area (Å²) in [6.07, 6.45) is -1.12. The van der Waals surface area contributed by atoms with Crippen LogP contribution in [0.3, 0.4) is 0 Å². The summed E-state index contributed by atoms with van der Waals surface area (Å²) < 4.78 is 39.4. The lowest BCUT2D eigenvalue weighted by Crippen LogP contribution is -2.49. The zero-order chi connectivity index (χ0) is 25.8. The average molecular weight is 522 g/mol. The first-order valence-corrected chi connectivity index (χ1v) is 13.6. The van der Waals surface area contributed by atoms with Gasteiger partial charge < -0.3 is 19.7 Å². The summed E-state index contributed by atoms with van der Waals surface area (Å²) in [7, 11) is -3.82. The van der Waals surface area contributed by atoms with Gasteiger partial charge in [-0.1, -0.05) is 54.6 Å². The van der Waals surface area contributed by atoms with E-state index in [0.717, 1.165) is 0 Å². The van der Waals surface area contributed by atoms with Gasteiger partial charge in [0.25, 0.3) is 11.8 Å². The average Bonchev–Trinajstić information content (AvgIpc) is 2.93. The number of morpholine rings is 1. The van der Waals surface area contributed by atoms with Crippen molar-refractivity contribution in [2.45, 2.75) is 11.9 Å². The second-order valence-corrected chi connectivity index (χ2v) is 10.7. The van der Waals surface area contributed by atoms with Gasteiger partial charge in [-0.05, 0) is 29.8 Å². The number of ether oxygens (including phenoxy) is 2. The lowest BCUT2D eigenvalue weighted by atomic mass is 10.1. The van der Waals surface area contributed by atoms with Crippen molar-refractivity contribution in [2.24, 2.45) is 0 Å². The molecule has 1 saturated heterocycles. The first-order chi connectivity index (χ1) is 17.9. The van der Waals surface area contributed by atoms with E-state index in [4.69, 9.17) is 9.47 Å². The number of benzene rings is 3. The summed E-state index contributed by atoms with van der Waals surface area (Å²) >= 11 is 0. The van der Waals surface area contributed by atoms with Crippen LogP contribution in [0.15, 0.2) is 78.9 Å². The maximum atomic E-state index is 13.4. The van der Waals surface area contributed by atoms with Crippen LogP contribution in [0, 0.1) is 0 Å². The number of hydrogen-bond donors (Lipinski definition) is 1. The van der Waals surface area contributed by atoms with E-state index in [1.165, 1.54) is 4.31 Å². The molecule has 0 aromatic heterocycles. The zero-order valence-corrected chi connectivity index (χ0v) is 20.9. The van der Waals surface area contributed by atoms with E-state index in [1.54, 1.807) is 77.7 Å². The summed E-state index contributed by atoms with van der Waals surface area (Å²) in [5, 5.41) is 2.79. The van der Waals surface area contributed by atoms with Crippen molar-refractivity contribution in [1.82, 2.24) is 4.90 Å². The summed E-state index contributed by atoms with van der Waals surface area (Å²) in [6, 6.07) is 22.4. The van der Waals surface area contributed by atoms with E-state index in [-0.39, 0.29) is 18.2 Å². The van der Waals surface area contributed by atoms with Crippen molar-refractivity contribution in [1.29, 1.82) is 0 Å².